The van der Waals surface area contributed by atoms with E-state index in [1.807, 2.05) is 0 Å². The topological polar surface area (TPSA) is 86.7 Å². The van der Waals surface area contributed by atoms with Crippen molar-refractivity contribution in [1.82, 2.24) is 10.2 Å². The Morgan fingerprint density at radius 2 is 2.18 bits per heavy atom. The smallest absolute Gasteiger partial charge is 0.322 e. The van der Waals surface area contributed by atoms with E-state index in [0.717, 1.165) is 12.8 Å². The van der Waals surface area contributed by atoms with Gasteiger partial charge >= 0.3 is 5.97 Å². The lowest BCUT2D eigenvalue weighted by Gasteiger charge is -2.27. The van der Waals surface area contributed by atoms with Gasteiger partial charge in [0.25, 0.3) is 5.91 Å². The fraction of sp³-hybridized carbons (Fsp3) is 0.545. The predicted octanol–water partition coefficient (Wildman–Crippen LogP) is -0.492. The van der Waals surface area contributed by atoms with E-state index in [0.29, 0.717) is 13.0 Å². The molecule has 2 N–H and O–H groups in total. The summed E-state index contributed by atoms with van der Waals surface area (Å²) in [5.41, 5.74) is 0.0735. The highest BCUT2D eigenvalue weighted by atomic mass is 16.4. The highest BCUT2D eigenvalue weighted by Crippen LogP contribution is 2.30. The van der Waals surface area contributed by atoms with Crippen molar-refractivity contribution >= 4 is 17.7 Å². The van der Waals surface area contributed by atoms with Crippen molar-refractivity contribution in [2.24, 2.45) is 0 Å². The van der Waals surface area contributed by atoms with Crippen molar-refractivity contribution in [3.8, 4) is 0 Å². The maximum Gasteiger partial charge on any atom is 0.322 e. The SMILES string of the molecule is O=C(O)CNC=C1C(=O)CCN(C2CC2)C1=O. The quantitative estimate of drug-likeness (QED) is 0.509. The number of hydrogen-bond donors (Lipinski definition) is 2. The van der Waals surface area contributed by atoms with Crippen molar-refractivity contribution in [3.05, 3.63) is 11.8 Å². The van der Waals surface area contributed by atoms with Gasteiger partial charge in [-0.15, -0.1) is 0 Å². The Morgan fingerprint density at radius 1 is 1.47 bits per heavy atom. The minimum Gasteiger partial charge on any atom is -0.480 e. The third-order valence-electron chi connectivity index (χ3n) is 2.86. The first-order valence-electron chi connectivity index (χ1n) is 5.59. The van der Waals surface area contributed by atoms with Crippen molar-refractivity contribution in [2.45, 2.75) is 25.3 Å². The summed E-state index contributed by atoms with van der Waals surface area (Å²) in [5, 5.41) is 10.9. The zero-order chi connectivity index (χ0) is 12.4. The summed E-state index contributed by atoms with van der Waals surface area (Å²) in [6, 6.07) is 0.276. The molecule has 0 atom stereocenters. The molecule has 1 saturated carbocycles. The number of ketones is 1. The number of nitrogens with zero attached hydrogens (tertiary/aromatic N) is 1. The Kier molecular flexibility index (Phi) is 3.12. The van der Waals surface area contributed by atoms with E-state index >= 15 is 0 Å². The summed E-state index contributed by atoms with van der Waals surface area (Å²) in [4.78, 5) is 35.5. The molecule has 6 heteroatoms. The number of carbonyl (C=O) groups is 3. The van der Waals surface area contributed by atoms with Crippen LogP contribution in [0.1, 0.15) is 19.3 Å². The number of piperidine rings is 1. The number of carbonyl (C=O) groups excluding carboxylic acids is 2. The van der Waals surface area contributed by atoms with Crippen LogP contribution in [0.25, 0.3) is 0 Å². The molecule has 0 radical (unpaired) electrons. The maximum atomic E-state index is 11.9. The second-order valence-electron chi connectivity index (χ2n) is 4.24. The maximum absolute atomic E-state index is 11.9. The van der Waals surface area contributed by atoms with Crippen LogP contribution in [-0.4, -0.2) is 46.8 Å². The lowest BCUT2D eigenvalue weighted by molar-refractivity contribution is -0.136. The number of nitrogens with one attached hydrogen (secondary N) is 1. The van der Waals surface area contributed by atoms with Crippen LogP contribution in [-0.2, 0) is 14.4 Å². The van der Waals surface area contributed by atoms with Gasteiger partial charge < -0.3 is 15.3 Å². The normalized spacial score (nSPS) is 23.1. The first kappa shape index (κ1) is 11.6. The third kappa shape index (κ3) is 2.64. The zero-order valence-corrected chi connectivity index (χ0v) is 9.31. The van der Waals surface area contributed by atoms with Crippen LogP contribution in [0.4, 0.5) is 0 Å². The molecular formula is C11H14N2O4. The molecule has 0 aromatic heterocycles. The average molecular weight is 238 g/mol. The summed E-state index contributed by atoms with van der Waals surface area (Å²) in [5.74, 6) is -1.52. The van der Waals surface area contributed by atoms with Crippen LogP contribution in [0.15, 0.2) is 11.8 Å². The molecule has 0 aromatic carbocycles. The first-order valence-corrected chi connectivity index (χ1v) is 5.59. The molecule has 0 bridgehead atoms. The van der Waals surface area contributed by atoms with Gasteiger partial charge in [-0.1, -0.05) is 0 Å². The van der Waals surface area contributed by atoms with Gasteiger partial charge in [-0.3, -0.25) is 14.4 Å². The van der Waals surface area contributed by atoms with Gasteiger partial charge in [-0.25, -0.2) is 0 Å². The van der Waals surface area contributed by atoms with Crippen molar-refractivity contribution < 1.29 is 19.5 Å². The number of aliphatic carboxylic acids is 1. The summed E-state index contributed by atoms with van der Waals surface area (Å²) in [6.07, 6.45) is 3.54. The lowest BCUT2D eigenvalue weighted by atomic mass is 10.0. The molecule has 1 heterocycles. The number of hydrogen-bond acceptors (Lipinski definition) is 4. The van der Waals surface area contributed by atoms with Gasteiger partial charge in [0.1, 0.15) is 6.54 Å². The summed E-state index contributed by atoms with van der Waals surface area (Å²) in [7, 11) is 0. The molecule has 2 aliphatic rings. The van der Waals surface area contributed by atoms with E-state index in [2.05, 4.69) is 5.32 Å². The minimum absolute atomic E-state index is 0.0735. The van der Waals surface area contributed by atoms with E-state index in [-0.39, 0.29) is 29.9 Å². The van der Waals surface area contributed by atoms with Crippen LogP contribution in [0.2, 0.25) is 0 Å². The summed E-state index contributed by atoms with van der Waals surface area (Å²) >= 11 is 0. The van der Waals surface area contributed by atoms with Crippen molar-refractivity contribution in [1.29, 1.82) is 0 Å². The van der Waals surface area contributed by atoms with Gasteiger partial charge in [-0.05, 0) is 12.8 Å². The molecule has 92 valence electrons. The van der Waals surface area contributed by atoms with Gasteiger partial charge in [0.15, 0.2) is 5.78 Å². The zero-order valence-electron chi connectivity index (χ0n) is 9.31. The van der Waals surface area contributed by atoms with E-state index in [4.69, 9.17) is 5.11 Å². The molecule has 1 amide bonds. The number of amides is 1. The highest BCUT2D eigenvalue weighted by molar-refractivity contribution is 6.20. The van der Waals surface area contributed by atoms with Crippen LogP contribution < -0.4 is 5.32 Å². The van der Waals surface area contributed by atoms with Gasteiger partial charge in [0.2, 0.25) is 0 Å². The number of rotatable bonds is 4. The standard InChI is InChI=1S/C11H14N2O4/c14-9-3-4-13(7-1-2-7)11(17)8(9)5-12-6-10(15)16/h5,7,12H,1-4,6H2,(H,15,16). The molecule has 1 aliphatic carbocycles. The Balaban J connectivity index is 2.03. The van der Waals surface area contributed by atoms with E-state index in [1.54, 1.807) is 4.90 Å². The average Bonchev–Trinajstić information content (AvgIpc) is 3.06. The number of likely N-dealkylation sites (tertiary alicyclic amines) is 1. The Bertz CT molecular complexity index is 398. The van der Waals surface area contributed by atoms with Gasteiger partial charge in [0, 0.05) is 25.2 Å². The van der Waals surface area contributed by atoms with Crippen molar-refractivity contribution in [3.63, 3.8) is 0 Å². The monoisotopic (exact) mass is 238 g/mol. The van der Waals surface area contributed by atoms with Crippen LogP contribution in [0.3, 0.4) is 0 Å². The third-order valence-corrected chi connectivity index (χ3v) is 2.86. The molecular weight excluding hydrogens is 224 g/mol. The van der Waals surface area contributed by atoms with E-state index in [9.17, 15) is 14.4 Å². The molecule has 0 spiro atoms. The highest BCUT2D eigenvalue weighted by Gasteiger charge is 2.38. The number of carboxylic acid groups (broad SMARTS) is 1. The van der Waals surface area contributed by atoms with Gasteiger partial charge in [0.05, 0.1) is 5.57 Å². The number of carboxylic acids is 1. The Morgan fingerprint density at radius 3 is 2.76 bits per heavy atom. The fourth-order valence-corrected chi connectivity index (χ4v) is 1.85. The van der Waals surface area contributed by atoms with Crippen LogP contribution >= 0.6 is 0 Å². The molecule has 0 aromatic rings. The second-order valence-corrected chi connectivity index (χ2v) is 4.24. The summed E-state index contributed by atoms with van der Waals surface area (Å²) in [6.45, 7) is 0.187. The largest absolute Gasteiger partial charge is 0.480 e. The molecule has 2 rings (SSSR count). The van der Waals surface area contributed by atoms with Crippen LogP contribution in [0, 0.1) is 0 Å². The van der Waals surface area contributed by atoms with E-state index < -0.39 is 5.97 Å². The Labute approximate surface area is 98.3 Å². The van der Waals surface area contributed by atoms with Gasteiger partial charge in [-0.2, -0.15) is 0 Å². The van der Waals surface area contributed by atoms with E-state index in [1.165, 1.54) is 6.20 Å². The molecule has 6 nitrogen and oxygen atoms in total. The number of Topliss-reactive ketones (excluding diaryl/α,β-unsaturated/α-hetero) is 1. The fourth-order valence-electron chi connectivity index (χ4n) is 1.85. The minimum atomic E-state index is -1.03. The Hall–Kier alpha value is -1.85. The molecule has 1 aliphatic heterocycles. The summed E-state index contributed by atoms with van der Waals surface area (Å²) < 4.78 is 0. The first-order chi connectivity index (χ1) is 8.09. The molecule has 0 unspecified atom stereocenters. The predicted molar refractivity (Wildman–Crippen MR) is 58.1 cm³/mol. The molecule has 1 saturated heterocycles. The lowest BCUT2D eigenvalue weighted by Crippen LogP contribution is -2.43. The van der Waals surface area contributed by atoms with Crippen molar-refractivity contribution in [2.75, 3.05) is 13.1 Å². The molecule has 2 fully saturated rings. The van der Waals surface area contributed by atoms with Crippen LogP contribution in [0.5, 0.6) is 0 Å². The second kappa shape index (κ2) is 4.57. The molecule has 17 heavy (non-hydrogen) atoms.